The third-order valence-corrected chi connectivity index (χ3v) is 2.46. The fourth-order valence-corrected chi connectivity index (χ4v) is 1.20. The van der Waals surface area contributed by atoms with Gasteiger partial charge in [0.15, 0.2) is 0 Å². The number of aryl methyl sites for hydroxylation is 1. The highest BCUT2D eigenvalue weighted by molar-refractivity contribution is 9.10. The number of halogens is 1. The molecule has 0 bridgehead atoms. The van der Waals surface area contributed by atoms with Crippen LogP contribution < -0.4 is 0 Å². The molecule has 0 aliphatic rings. The van der Waals surface area contributed by atoms with Gasteiger partial charge >= 0.3 is 0 Å². The third-order valence-electron chi connectivity index (χ3n) is 1.60. The highest BCUT2D eigenvalue weighted by Crippen LogP contribution is 2.17. The standard InChI is InChI=1S/C9H10BrN/c1-6-3-4-8(7(2)11)5-9(6)10/h3-5,11H,1-2H3. The van der Waals surface area contributed by atoms with Crippen LogP contribution in [0.1, 0.15) is 18.1 Å². The van der Waals surface area contributed by atoms with Crippen LogP contribution in [0.3, 0.4) is 0 Å². The lowest BCUT2D eigenvalue weighted by Gasteiger charge is -2.00. The van der Waals surface area contributed by atoms with Crippen LogP contribution in [0.4, 0.5) is 0 Å². The van der Waals surface area contributed by atoms with Crippen LogP contribution in [0.2, 0.25) is 0 Å². The largest absolute Gasteiger partial charge is 0.305 e. The van der Waals surface area contributed by atoms with Crippen molar-refractivity contribution in [2.24, 2.45) is 0 Å². The Hall–Kier alpha value is -0.630. The van der Waals surface area contributed by atoms with E-state index in [0.717, 1.165) is 10.0 Å². The van der Waals surface area contributed by atoms with Gasteiger partial charge in [-0.1, -0.05) is 28.1 Å². The van der Waals surface area contributed by atoms with Crippen molar-refractivity contribution in [1.82, 2.24) is 0 Å². The molecule has 2 heteroatoms. The van der Waals surface area contributed by atoms with E-state index in [1.54, 1.807) is 6.92 Å². The predicted octanol–water partition coefficient (Wildman–Crippen LogP) is 3.15. The molecule has 1 rings (SSSR count). The minimum Gasteiger partial charge on any atom is -0.305 e. The molecule has 0 radical (unpaired) electrons. The van der Waals surface area contributed by atoms with Gasteiger partial charge in [0.25, 0.3) is 0 Å². The first kappa shape index (κ1) is 8.47. The van der Waals surface area contributed by atoms with E-state index in [4.69, 9.17) is 5.41 Å². The quantitative estimate of drug-likeness (QED) is 0.691. The van der Waals surface area contributed by atoms with Crippen molar-refractivity contribution in [3.63, 3.8) is 0 Å². The van der Waals surface area contributed by atoms with Gasteiger partial charge < -0.3 is 5.41 Å². The summed E-state index contributed by atoms with van der Waals surface area (Å²) in [5.74, 6) is 0. The van der Waals surface area contributed by atoms with Gasteiger partial charge in [-0.2, -0.15) is 0 Å². The highest BCUT2D eigenvalue weighted by atomic mass is 79.9. The van der Waals surface area contributed by atoms with E-state index in [-0.39, 0.29) is 0 Å². The molecular weight excluding hydrogens is 202 g/mol. The first-order chi connectivity index (χ1) is 5.11. The Labute approximate surface area is 75.1 Å². The summed E-state index contributed by atoms with van der Waals surface area (Å²) < 4.78 is 1.07. The van der Waals surface area contributed by atoms with Crippen molar-refractivity contribution in [2.45, 2.75) is 13.8 Å². The number of benzene rings is 1. The summed E-state index contributed by atoms with van der Waals surface area (Å²) in [6.07, 6.45) is 0. The fraction of sp³-hybridized carbons (Fsp3) is 0.222. The molecule has 1 aromatic rings. The summed E-state index contributed by atoms with van der Waals surface area (Å²) in [5, 5.41) is 7.38. The molecule has 1 aromatic carbocycles. The van der Waals surface area contributed by atoms with Crippen molar-refractivity contribution >= 4 is 21.6 Å². The minimum atomic E-state index is 0.603. The molecule has 0 atom stereocenters. The molecule has 0 aliphatic carbocycles. The van der Waals surface area contributed by atoms with Crippen LogP contribution in [0, 0.1) is 12.3 Å². The van der Waals surface area contributed by atoms with Gasteiger partial charge in [-0.05, 0) is 31.0 Å². The molecule has 1 nitrogen and oxygen atoms in total. The molecule has 58 valence electrons. The lowest BCUT2D eigenvalue weighted by atomic mass is 10.1. The first-order valence-electron chi connectivity index (χ1n) is 3.43. The second-order valence-electron chi connectivity index (χ2n) is 2.59. The molecular formula is C9H10BrN. The van der Waals surface area contributed by atoms with Gasteiger partial charge in [0, 0.05) is 10.2 Å². The maximum atomic E-state index is 7.38. The van der Waals surface area contributed by atoms with Gasteiger partial charge in [-0.25, -0.2) is 0 Å². The van der Waals surface area contributed by atoms with Crippen molar-refractivity contribution < 1.29 is 0 Å². The Bertz CT molecular complexity index is 292. The van der Waals surface area contributed by atoms with Crippen molar-refractivity contribution in [3.8, 4) is 0 Å². The molecule has 0 fully saturated rings. The Morgan fingerprint density at radius 3 is 2.55 bits per heavy atom. The van der Waals surface area contributed by atoms with E-state index in [0.29, 0.717) is 5.71 Å². The van der Waals surface area contributed by atoms with Gasteiger partial charge in [0.05, 0.1) is 0 Å². The van der Waals surface area contributed by atoms with E-state index in [9.17, 15) is 0 Å². The number of hydrogen-bond acceptors (Lipinski definition) is 1. The monoisotopic (exact) mass is 211 g/mol. The average molecular weight is 212 g/mol. The summed E-state index contributed by atoms with van der Waals surface area (Å²) in [4.78, 5) is 0. The summed E-state index contributed by atoms with van der Waals surface area (Å²) in [6.45, 7) is 3.82. The topological polar surface area (TPSA) is 23.9 Å². The molecule has 0 saturated carbocycles. The van der Waals surface area contributed by atoms with Crippen LogP contribution in [0.15, 0.2) is 22.7 Å². The SMILES string of the molecule is CC(=N)c1ccc(C)c(Br)c1. The van der Waals surface area contributed by atoms with E-state index in [2.05, 4.69) is 15.9 Å². The predicted molar refractivity (Wildman–Crippen MR) is 51.4 cm³/mol. The van der Waals surface area contributed by atoms with Gasteiger partial charge in [0.1, 0.15) is 0 Å². The number of nitrogens with one attached hydrogen (secondary N) is 1. The second-order valence-corrected chi connectivity index (χ2v) is 3.44. The maximum absolute atomic E-state index is 7.38. The molecule has 11 heavy (non-hydrogen) atoms. The summed E-state index contributed by atoms with van der Waals surface area (Å²) in [7, 11) is 0. The van der Waals surface area contributed by atoms with Crippen LogP contribution in [-0.2, 0) is 0 Å². The molecule has 1 N–H and O–H groups in total. The Balaban J connectivity index is 3.15. The van der Waals surface area contributed by atoms with Crippen LogP contribution in [0.5, 0.6) is 0 Å². The molecule has 0 unspecified atom stereocenters. The van der Waals surface area contributed by atoms with Gasteiger partial charge in [-0.15, -0.1) is 0 Å². The lowest BCUT2D eigenvalue weighted by molar-refractivity contribution is 1.39. The zero-order valence-electron chi connectivity index (χ0n) is 6.61. The number of hydrogen-bond donors (Lipinski definition) is 1. The smallest absolute Gasteiger partial charge is 0.0355 e. The van der Waals surface area contributed by atoms with Crippen LogP contribution in [0.25, 0.3) is 0 Å². The average Bonchev–Trinajstić information content (AvgIpc) is 1.94. The van der Waals surface area contributed by atoms with Crippen molar-refractivity contribution in [2.75, 3.05) is 0 Å². The fourth-order valence-electron chi connectivity index (χ4n) is 0.826. The molecule has 0 aromatic heterocycles. The lowest BCUT2D eigenvalue weighted by Crippen LogP contribution is -1.91. The molecule has 0 aliphatic heterocycles. The van der Waals surface area contributed by atoms with Gasteiger partial charge in [-0.3, -0.25) is 0 Å². The minimum absolute atomic E-state index is 0.603. The highest BCUT2D eigenvalue weighted by Gasteiger charge is 1.97. The Morgan fingerprint density at radius 1 is 1.45 bits per heavy atom. The summed E-state index contributed by atoms with van der Waals surface area (Å²) in [6, 6.07) is 5.94. The Morgan fingerprint density at radius 2 is 2.09 bits per heavy atom. The maximum Gasteiger partial charge on any atom is 0.0355 e. The van der Waals surface area contributed by atoms with Gasteiger partial charge in [0.2, 0.25) is 0 Å². The van der Waals surface area contributed by atoms with Crippen LogP contribution >= 0.6 is 15.9 Å². The molecule has 0 saturated heterocycles. The zero-order valence-corrected chi connectivity index (χ0v) is 8.20. The van der Waals surface area contributed by atoms with Crippen molar-refractivity contribution in [1.29, 1.82) is 5.41 Å². The third kappa shape index (κ3) is 1.90. The van der Waals surface area contributed by atoms with E-state index in [1.165, 1.54) is 5.56 Å². The van der Waals surface area contributed by atoms with E-state index in [1.807, 2.05) is 25.1 Å². The molecule has 0 heterocycles. The second kappa shape index (κ2) is 3.18. The molecule has 0 spiro atoms. The van der Waals surface area contributed by atoms with Crippen LogP contribution in [-0.4, -0.2) is 5.71 Å². The summed E-state index contributed by atoms with van der Waals surface area (Å²) >= 11 is 3.42. The molecule has 0 amide bonds. The summed E-state index contributed by atoms with van der Waals surface area (Å²) in [5.41, 5.74) is 2.78. The Kier molecular flexibility index (Phi) is 2.45. The van der Waals surface area contributed by atoms with E-state index < -0.39 is 0 Å². The number of rotatable bonds is 1. The van der Waals surface area contributed by atoms with E-state index >= 15 is 0 Å². The first-order valence-corrected chi connectivity index (χ1v) is 4.22. The normalized spacial score (nSPS) is 9.73. The zero-order chi connectivity index (χ0) is 8.43. The van der Waals surface area contributed by atoms with Crippen molar-refractivity contribution in [3.05, 3.63) is 33.8 Å².